The van der Waals surface area contributed by atoms with Crippen LogP contribution in [-0.4, -0.2) is 41.9 Å². The molecule has 1 heterocycles. The van der Waals surface area contributed by atoms with Gasteiger partial charge in [-0.15, -0.1) is 0 Å². The normalized spacial score (nSPS) is 17.8. The number of amides is 1. The predicted octanol–water partition coefficient (Wildman–Crippen LogP) is 2.74. The molecule has 3 aromatic rings. The number of hydrazine groups is 1. The molecule has 7 heteroatoms. The third kappa shape index (κ3) is 6.10. The molecule has 0 aromatic heterocycles. The van der Waals surface area contributed by atoms with E-state index in [1.165, 1.54) is 5.56 Å². The van der Waals surface area contributed by atoms with Crippen molar-refractivity contribution in [1.29, 1.82) is 0 Å². The topological polar surface area (TPSA) is 97.1 Å². The Bertz CT molecular complexity index is 1050. The number of hydrogen-bond acceptors (Lipinski definition) is 6. The minimum atomic E-state index is -0.574. The first kappa shape index (κ1) is 22.8. The van der Waals surface area contributed by atoms with Crippen molar-refractivity contribution >= 4 is 5.91 Å². The van der Waals surface area contributed by atoms with Gasteiger partial charge in [0.05, 0.1) is 5.56 Å². The number of carbonyl (C=O) groups excluding carboxylic acids is 1. The number of nitrogens with zero attached hydrogens (tertiary/aromatic N) is 1. The predicted molar refractivity (Wildman–Crippen MR) is 126 cm³/mol. The summed E-state index contributed by atoms with van der Waals surface area (Å²) >= 11 is 0. The summed E-state index contributed by atoms with van der Waals surface area (Å²) in [5, 5.41) is 12.2. The van der Waals surface area contributed by atoms with Gasteiger partial charge in [0.15, 0.2) is 0 Å². The summed E-state index contributed by atoms with van der Waals surface area (Å²) in [5.41, 5.74) is 11.2. The summed E-state index contributed by atoms with van der Waals surface area (Å²) in [6.45, 7) is 2.01. The number of hydrogen-bond donors (Lipinski definition) is 3. The highest BCUT2D eigenvalue weighted by Crippen LogP contribution is 2.26. The van der Waals surface area contributed by atoms with E-state index in [9.17, 15) is 9.90 Å². The molecule has 1 fully saturated rings. The maximum absolute atomic E-state index is 11.9. The number of rotatable bonds is 11. The van der Waals surface area contributed by atoms with Gasteiger partial charge in [0, 0.05) is 19.0 Å². The summed E-state index contributed by atoms with van der Waals surface area (Å²) < 4.78 is 11.5. The van der Waals surface area contributed by atoms with E-state index < -0.39 is 12.1 Å². The van der Waals surface area contributed by atoms with Crippen LogP contribution < -0.4 is 20.6 Å². The van der Waals surface area contributed by atoms with Crippen molar-refractivity contribution in [2.45, 2.75) is 19.3 Å². The number of aliphatic hydroxyl groups excluding tert-OH is 1. The van der Waals surface area contributed by atoms with E-state index in [4.69, 9.17) is 15.2 Å². The molecule has 0 aliphatic carbocycles. The average Bonchev–Trinajstić information content (AvgIpc) is 2.85. The lowest BCUT2D eigenvalue weighted by molar-refractivity contribution is -0.158. The number of carbonyl (C=O) groups is 1. The van der Waals surface area contributed by atoms with Crippen LogP contribution in [0.5, 0.6) is 11.5 Å². The fraction of sp³-hybridized carbons (Fsp3) is 0.269. The van der Waals surface area contributed by atoms with Crippen LogP contribution >= 0.6 is 0 Å². The average molecular weight is 448 g/mol. The Morgan fingerprint density at radius 1 is 1.00 bits per heavy atom. The Kier molecular flexibility index (Phi) is 7.57. The molecule has 2 atom stereocenters. The van der Waals surface area contributed by atoms with E-state index in [0.29, 0.717) is 31.3 Å². The van der Waals surface area contributed by atoms with Crippen LogP contribution in [0.3, 0.4) is 0 Å². The highest BCUT2D eigenvalue weighted by Gasteiger charge is 2.37. The van der Waals surface area contributed by atoms with Crippen molar-refractivity contribution in [2.24, 2.45) is 11.7 Å². The molecular formula is C26H29N3O4. The molecule has 7 nitrogen and oxygen atoms in total. The molecule has 0 bridgehead atoms. The van der Waals surface area contributed by atoms with Gasteiger partial charge in [-0.1, -0.05) is 60.7 Å². The van der Waals surface area contributed by atoms with E-state index in [2.05, 4.69) is 17.6 Å². The molecule has 33 heavy (non-hydrogen) atoms. The fourth-order valence-electron chi connectivity index (χ4n) is 3.83. The third-order valence-electron chi connectivity index (χ3n) is 5.65. The van der Waals surface area contributed by atoms with Crippen LogP contribution in [0.4, 0.5) is 0 Å². The van der Waals surface area contributed by atoms with Crippen LogP contribution in [0.25, 0.3) is 0 Å². The SMILES string of the molecule is NC(=O)c1cc(OCCNN2CC(Cc3ccccc3)C2O)ccc1OCc1ccccc1. The van der Waals surface area contributed by atoms with Crippen LogP contribution in [0, 0.1) is 5.92 Å². The lowest BCUT2D eigenvalue weighted by Crippen LogP contribution is -2.63. The fourth-order valence-corrected chi connectivity index (χ4v) is 3.83. The number of aliphatic hydroxyl groups is 1. The molecule has 172 valence electrons. The van der Waals surface area contributed by atoms with Crippen molar-refractivity contribution in [1.82, 2.24) is 10.4 Å². The van der Waals surface area contributed by atoms with E-state index >= 15 is 0 Å². The lowest BCUT2D eigenvalue weighted by Gasteiger charge is -2.44. The zero-order chi connectivity index (χ0) is 23.0. The lowest BCUT2D eigenvalue weighted by atomic mass is 9.91. The molecule has 2 unspecified atom stereocenters. The Labute approximate surface area is 193 Å². The number of ether oxygens (including phenoxy) is 2. The van der Waals surface area contributed by atoms with Crippen molar-refractivity contribution in [3.8, 4) is 11.5 Å². The van der Waals surface area contributed by atoms with Crippen molar-refractivity contribution in [3.05, 3.63) is 95.6 Å². The number of nitrogens with two attached hydrogens (primary N) is 1. The van der Waals surface area contributed by atoms with Crippen molar-refractivity contribution < 1.29 is 19.4 Å². The molecular weight excluding hydrogens is 418 g/mol. The van der Waals surface area contributed by atoms with Gasteiger partial charge in [0.25, 0.3) is 5.91 Å². The van der Waals surface area contributed by atoms with E-state index in [1.54, 1.807) is 18.2 Å². The minimum Gasteiger partial charge on any atom is -0.492 e. The molecule has 3 aromatic carbocycles. The zero-order valence-corrected chi connectivity index (χ0v) is 18.4. The molecule has 1 aliphatic rings. The largest absolute Gasteiger partial charge is 0.492 e. The second-order valence-electron chi connectivity index (χ2n) is 8.07. The Morgan fingerprint density at radius 2 is 1.70 bits per heavy atom. The van der Waals surface area contributed by atoms with Gasteiger partial charge in [-0.05, 0) is 35.7 Å². The maximum atomic E-state index is 11.9. The first-order valence-corrected chi connectivity index (χ1v) is 11.1. The summed E-state index contributed by atoms with van der Waals surface area (Å²) in [7, 11) is 0. The van der Waals surface area contributed by atoms with Gasteiger partial charge < -0.3 is 20.3 Å². The van der Waals surface area contributed by atoms with Gasteiger partial charge in [-0.25, -0.2) is 10.4 Å². The Hall–Kier alpha value is -3.39. The molecule has 1 amide bonds. The molecule has 1 aliphatic heterocycles. The summed E-state index contributed by atoms with van der Waals surface area (Å²) in [5.74, 6) is 0.589. The first-order valence-electron chi connectivity index (χ1n) is 11.1. The standard InChI is InChI=1S/C26H29N3O4/c27-25(30)23-16-22(11-12-24(23)33-18-20-9-5-2-6-10-20)32-14-13-28-29-17-21(26(29)31)15-19-7-3-1-4-8-19/h1-12,16,21,26,28,31H,13-15,17-18H2,(H2,27,30). The number of benzene rings is 3. The smallest absolute Gasteiger partial charge is 0.252 e. The second-order valence-corrected chi connectivity index (χ2v) is 8.07. The zero-order valence-electron chi connectivity index (χ0n) is 18.4. The van der Waals surface area contributed by atoms with Crippen LogP contribution in [-0.2, 0) is 13.0 Å². The van der Waals surface area contributed by atoms with Crippen LogP contribution in [0.2, 0.25) is 0 Å². The van der Waals surface area contributed by atoms with Gasteiger partial charge >= 0.3 is 0 Å². The second kappa shape index (κ2) is 11.0. The number of nitrogens with one attached hydrogen (secondary N) is 1. The Morgan fingerprint density at radius 3 is 2.36 bits per heavy atom. The monoisotopic (exact) mass is 447 g/mol. The number of primary amides is 1. The first-order chi connectivity index (χ1) is 16.1. The van der Waals surface area contributed by atoms with Crippen LogP contribution in [0.1, 0.15) is 21.5 Å². The van der Waals surface area contributed by atoms with Gasteiger partial charge in [-0.3, -0.25) is 4.79 Å². The molecule has 1 saturated heterocycles. The molecule has 0 saturated carbocycles. The van der Waals surface area contributed by atoms with Crippen LogP contribution in [0.15, 0.2) is 78.9 Å². The highest BCUT2D eigenvalue weighted by molar-refractivity contribution is 5.96. The quantitative estimate of drug-likeness (QED) is 0.391. The third-order valence-corrected chi connectivity index (χ3v) is 5.65. The van der Waals surface area contributed by atoms with E-state index in [0.717, 1.165) is 18.5 Å². The van der Waals surface area contributed by atoms with Crippen molar-refractivity contribution in [3.63, 3.8) is 0 Å². The summed E-state index contributed by atoms with van der Waals surface area (Å²) in [4.78, 5) is 11.9. The Balaban J connectivity index is 1.22. The minimum absolute atomic E-state index is 0.211. The summed E-state index contributed by atoms with van der Waals surface area (Å²) in [6.07, 6.45) is 0.332. The molecule has 4 rings (SSSR count). The molecule has 0 radical (unpaired) electrons. The highest BCUT2D eigenvalue weighted by atomic mass is 16.5. The molecule has 4 N–H and O–H groups in total. The summed E-state index contributed by atoms with van der Waals surface area (Å²) in [6, 6.07) is 24.9. The maximum Gasteiger partial charge on any atom is 0.252 e. The van der Waals surface area contributed by atoms with Gasteiger partial charge in [-0.2, -0.15) is 0 Å². The van der Waals surface area contributed by atoms with Gasteiger partial charge in [0.2, 0.25) is 0 Å². The van der Waals surface area contributed by atoms with Crippen molar-refractivity contribution in [2.75, 3.05) is 19.7 Å². The molecule has 0 spiro atoms. The van der Waals surface area contributed by atoms with E-state index in [1.807, 2.05) is 53.5 Å². The van der Waals surface area contributed by atoms with Gasteiger partial charge in [0.1, 0.15) is 30.9 Å². The van der Waals surface area contributed by atoms with E-state index in [-0.39, 0.29) is 11.5 Å².